The molecule has 1 aromatic carbocycles. The van der Waals surface area contributed by atoms with Crippen molar-refractivity contribution < 1.29 is 14.7 Å². The summed E-state index contributed by atoms with van der Waals surface area (Å²) in [6, 6.07) is 8.63. The first-order valence-corrected chi connectivity index (χ1v) is 6.80. The maximum atomic E-state index is 11.9. The summed E-state index contributed by atoms with van der Waals surface area (Å²) in [6.07, 6.45) is 2.26. The van der Waals surface area contributed by atoms with Gasteiger partial charge in [-0.25, -0.2) is 4.79 Å². The van der Waals surface area contributed by atoms with Crippen LogP contribution < -0.4 is 10.6 Å². The largest absolute Gasteiger partial charge is 0.481 e. The lowest BCUT2D eigenvalue weighted by molar-refractivity contribution is -0.139. The van der Waals surface area contributed by atoms with E-state index in [2.05, 4.69) is 10.6 Å². The van der Waals surface area contributed by atoms with Crippen LogP contribution in [0, 0.1) is 11.3 Å². The zero-order valence-corrected chi connectivity index (χ0v) is 11.6. The van der Waals surface area contributed by atoms with Crippen LogP contribution in [0.5, 0.6) is 0 Å². The van der Waals surface area contributed by atoms with E-state index in [1.54, 1.807) is 18.2 Å². The third kappa shape index (κ3) is 3.96. The molecule has 0 radical (unpaired) electrons. The molecule has 6 nitrogen and oxygen atoms in total. The van der Waals surface area contributed by atoms with E-state index in [0.717, 1.165) is 12.0 Å². The standard InChI is InChI=1S/C15H17N3O3/c16-9-11-3-1-4-12(7-11)10-17-14(21)18-15(5-2-6-15)8-13(19)20/h1,3-4,7H,2,5-6,8,10H2,(H,19,20)(H2,17,18,21). The Kier molecular flexibility index (Phi) is 4.43. The Hall–Kier alpha value is -2.55. The molecule has 0 aromatic heterocycles. The van der Waals surface area contributed by atoms with Crippen LogP contribution in [0.25, 0.3) is 0 Å². The SMILES string of the molecule is N#Cc1cccc(CNC(=O)NC2(CC(=O)O)CCC2)c1. The number of hydrogen-bond donors (Lipinski definition) is 3. The number of rotatable bonds is 5. The number of carboxylic acid groups (broad SMARTS) is 1. The van der Waals surface area contributed by atoms with E-state index in [1.807, 2.05) is 12.1 Å². The molecule has 6 heteroatoms. The van der Waals surface area contributed by atoms with Crippen LogP contribution >= 0.6 is 0 Å². The lowest BCUT2D eigenvalue weighted by Crippen LogP contribution is -2.57. The van der Waals surface area contributed by atoms with Crippen molar-refractivity contribution in [3.8, 4) is 6.07 Å². The zero-order valence-electron chi connectivity index (χ0n) is 11.6. The van der Waals surface area contributed by atoms with Gasteiger partial charge < -0.3 is 15.7 Å². The molecule has 1 aliphatic rings. The predicted octanol–water partition coefficient (Wildman–Crippen LogP) is 1.75. The minimum Gasteiger partial charge on any atom is -0.481 e. The van der Waals surface area contributed by atoms with Gasteiger partial charge in [0.05, 0.1) is 23.6 Å². The van der Waals surface area contributed by atoms with Crippen LogP contribution in [-0.2, 0) is 11.3 Å². The molecule has 0 heterocycles. The van der Waals surface area contributed by atoms with Crippen molar-refractivity contribution in [2.24, 2.45) is 0 Å². The summed E-state index contributed by atoms with van der Waals surface area (Å²) < 4.78 is 0. The van der Waals surface area contributed by atoms with E-state index in [4.69, 9.17) is 10.4 Å². The number of hydrogen-bond acceptors (Lipinski definition) is 3. The zero-order chi connectivity index (χ0) is 15.3. The number of carbonyl (C=O) groups is 2. The van der Waals surface area contributed by atoms with Gasteiger partial charge in [0.1, 0.15) is 0 Å². The number of aliphatic carboxylic acids is 1. The number of urea groups is 1. The highest BCUT2D eigenvalue weighted by atomic mass is 16.4. The third-order valence-corrected chi connectivity index (χ3v) is 3.69. The van der Waals surface area contributed by atoms with Gasteiger partial charge in [0.25, 0.3) is 0 Å². The average molecular weight is 287 g/mol. The van der Waals surface area contributed by atoms with Gasteiger partial charge in [-0.3, -0.25) is 4.79 Å². The van der Waals surface area contributed by atoms with Gasteiger partial charge in [-0.1, -0.05) is 12.1 Å². The Bertz CT molecular complexity index is 588. The molecule has 0 atom stereocenters. The van der Waals surface area contributed by atoms with Crippen molar-refractivity contribution in [3.05, 3.63) is 35.4 Å². The van der Waals surface area contributed by atoms with E-state index in [1.165, 1.54) is 0 Å². The van der Waals surface area contributed by atoms with Crippen molar-refractivity contribution in [1.29, 1.82) is 5.26 Å². The topological polar surface area (TPSA) is 102 Å². The Labute approximate surface area is 122 Å². The van der Waals surface area contributed by atoms with Crippen molar-refractivity contribution in [3.63, 3.8) is 0 Å². The number of nitriles is 1. The Balaban J connectivity index is 1.87. The van der Waals surface area contributed by atoms with Crippen molar-refractivity contribution in [1.82, 2.24) is 10.6 Å². The second-order valence-electron chi connectivity index (χ2n) is 5.32. The molecule has 3 N–H and O–H groups in total. The fourth-order valence-corrected chi connectivity index (χ4v) is 2.46. The van der Waals surface area contributed by atoms with E-state index < -0.39 is 11.5 Å². The summed E-state index contributed by atoms with van der Waals surface area (Å²) >= 11 is 0. The summed E-state index contributed by atoms with van der Waals surface area (Å²) in [5.74, 6) is -0.906. The molecule has 0 unspecified atom stereocenters. The Morgan fingerprint density at radius 1 is 1.38 bits per heavy atom. The molecule has 0 bridgehead atoms. The summed E-state index contributed by atoms with van der Waals surface area (Å²) in [5, 5.41) is 23.2. The lowest BCUT2D eigenvalue weighted by atomic mass is 9.74. The minimum atomic E-state index is -0.906. The predicted molar refractivity (Wildman–Crippen MR) is 75.4 cm³/mol. The monoisotopic (exact) mass is 287 g/mol. The molecule has 1 fully saturated rings. The second-order valence-corrected chi connectivity index (χ2v) is 5.32. The van der Waals surface area contributed by atoms with Crippen LogP contribution in [0.2, 0.25) is 0 Å². The molecule has 0 aliphatic heterocycles. The second kappa shape index (κ2) is 6.27. The maximum Gasteiger partial charge on any atom is 0.315 e. The quantitative estimate of drug-likeness (QED) is 0.767. The van der Waals surface area contributed by atoms with Gasteiger partial charge in [0.15, 0.2) is 0 Å². The number of amides is 2. The van der Waals surface area contributed by atoms with Gasteiger partial charge in [-0.05, 0) is 37.0 Å². The van der Waals surface area contributed by atoms with Gasteiger partial charge in [-0.2, -0.15) is 5.26 Å². The first-order valence-electron chi connectivity index (χ1n) is 6.80. The lowest BCUT2D eigenvalue weighted by Gasteiger charge is -2.41. The molecule has 2 amide bonds. The first-order chi connectivity index (χ1) is 10.0. The van der Waals surface area contributed by atoms with Crippen LogP contribution in [0.4, 0.5) is 4.79 Å². The van der Waals surface area contributed by atoms with E-state index in [-0.39, 0.29) is 12.5 Å². The number of nitrogens with zero attached hydrogens (tertiary/aromatic N) is 1. The number of carboxylic acids is 1. The Morgan fingerprint density at radius 3 is 2.71 bits per heavy atom. The molecule has 1 aliphatic carbocycles. The summed E-state index contributed by atoms with van der Waals surface area (Å²) in [5.41, 5.74) is 0.755. The van der Waals surface area contributed by atoms with Gasteiger partial charge in [0.2, 0.25) is 0 Å². The third-order valence-electron chi connectivity index (χ3n) is 3.69. The van der Waals surface area contributed by atoms with E-state index in [9.17, 15) is 9.59 Å². The fourth-order valence-electron chi connectivity index (χ4n) is 2.46. The molecule has 1 saturated carbocycles. The smallest absolute Gasteiger partial charge is 0.315 e. The van der Waals surface area contributed by atoms with E-state index >= 15 is 0 Å². The molecule has 0 spiro atoms. The van der Waals surface area contributed by atoms with Crippen LogP contribution in [0.3, 0.4) is 0 Å². The van der Waals surface area contributed by atoms with Crippen LogP contribution in [0.1, 0.15) is 36.8 Å². The molecule has 1 aromatic rings. The first kappa shape index (κ1) is 14.9. The van der Waals surface area contributed by atoms with Gasteiger partial charge in [-0.15, -0.1) is 0 Å². The molecular weight excluding hydrogens is 270 g/mol. The number of nitrogens with one attached hydrogen (secondary N) is 2. The molecule has 21 heavy (non-hydrogen) atoms. The highest BCUT2D eigenvalue weighted by molar-refractivity contribution is 5.77. The maximum absolute atomic E-state index is 11.9. The molecular formula is C15H17N3O3. The Morgan fingerprint density at radius 2 is 2.14 bits per heavy atom. The van der Waals surface area contributed by atoms with Crippen LogP contribution in [0.15, 0.2) is 24.3 Å². The highest BCUT2D eigenvalue weighted by Crippen LogP contribution is 2.34. The van der Waals surface area contributed by atoms with Crippen LogP contribution in [-0.4, -0.2) is 22.6 Å². The molecule has 2 rings (SSSR count). The minimum absolute atomic E-state index is 0.0513. The number of carbonyl (C=O) groups excluding carboxylic acids is 1. The average Bonchev–Trinajstić information content (AvgIpc) is 2.42. The highest BCUT2D eigenvalue weighted by Gasteiger charge is 2.40. The molecule has 110 valence electrons. The van der Waals surface area contributed by atoms with Gasteiger partial charge >= 0.3 is 12.0 Å². The van der Waals surface area contributed by atoms with Crippen molar-refractivity contribution in [2.75, 3.05) is 0 Å². The molecule has 0 saturated heterocycles. The number of benzene rings is 1. The summed E-state index contributed by atoms with van der Waals surface area (Å²) in [7, 11) is 0. The summed E-state index contributed by atoms with van der Waals surface area (Å²) in [6.45, 7) is 0.296. The summed E-state index contributed by atoms with van der Waals surface area (Å²) in [4.78, 5) is 22.7. The van der Waals surface area contributed by atoms with Crippen molar-refractivity contribution >= 4 is 12.0 Å². The van der Waals surface area contributed by atoms with Gasteiger partial charge in [0, 0.05) is 6.54 Å². The van der Waals surface area contributed by atoms with E-state index in [0.29, 0.717) is 24.9 Å². The fraction of sp³-hybridized carbons (Fsp3) is 0.400. The van der Waals surface area contributed by atoms with Crippen molar-refractivity contribution in [2.45, 2.75) is 37.8 Å². The normalized spacial score (nSPS) is 15.4.